The Kier molecular flexibility index (Phi) is 4.49. The zero-order valence-electron chi connectivity index (χ0n) is 10.2. The highest BCUT2D eigenvalue weighted by Gasteiger charge is 2.24. The predicted molar refractivity (Wildman–Crippen MR) is 73.1 cm³/mol. The van der Waals surface area contributed by atoms with Gasteiger partial charge < -0.3 is 0 Å². The average Bonchev–Trinajstić information content (AvgIpc) is 2.19. The summed E-state index contributed by atoms with van der Waals surface area (Å²) in [6.45, 7) is 6.76. The Morgan fingerprint density at radius 1 is 1.47 bits per heavy atom. The Hall–Kier alpha value is -0.680. The van der Waals surface area contributed by atoms with Crippen LogP contribution in [0.5, 0.6) is 0 Å². The molecule has 1 heterocycles. The standard InChI is InChI=1S/C11H17ClN2O2S/c1-11(2,3)7(6-17)4-14-5-8(12)9(15)13-10(14)16/h5,7,17H,4,6H2,1-3H3,(H,13,15,16). The molecule has 17 heavy (non-hydrogen) atoms. The smallest absolute Gasteiger partial charge is 0.299 e. The van der Waals surface area contributed by atoms with Crippen LogP contribution in [0.4, 0.5) is 0 Å². The fourth-order valence-electron chi connectivity index (χ4n) is 1.46. The van der Waals surface area contributed by atoms with Crippen molar-refractivity contribution in [2.24, 2.45) is 11.3 Å². The molecule has 0 aliphatic rings. The number of nitrogens with zero attached hydrogens (tertiary/aromatic N) is 1. The van der Waals surface area contributed by atoms with Gasteiger partial charge in [-0.05, 0) is 17.1 Å². The summed E-state index contributed by atoms with van der Waals surface area (Å²) in [6.07, 6.45) is 1.38. The largest absolute Gasteiger partial charge is 0.328 e. The normalized spacial score (nSPS) is 13.7. The highest BCUT2D eigenvalue weighted by molar-refractivity contribution is 7.80. The van der Waals surface area contributed by atoms with Crippen molar-refractivity contribution in [3.63, 3.8) is 0 Å². The molecule has 0 aliphatic carbocycles. The Morgan fingerprint density at radius 2 is 2.06 bits per heavy atom. The molecule has 0 spiro atoms. The second-order valence-electron chi connectivity index (χ2n) is 5.13. The molecule has 0 saturated carbocycles. The molecule has 1 rings (SSSR count). The van der Waals surface area contributed by atoms with Crippen LogP contribution in [0.1, 0.15) is 20.8 Å². The van der Waals surface area contributed by atoms with Crippen molar-refractivity contribution >= 4 is 24.2 Å². The molecular formula is C11H17ClN2O2S. The van der Waals surface area contributed by atoms with E-state index in [1.165, 1.54) is 10.8 Å². The summed E-state index contributed by atoms with van der Waals surface area (Å²) in [6, 6.07) is 0. The molecule has 96 valence electrons. The third-order valence-corrected chi connectivity index (χ3v) is 3.54. The number of rotatable bonds is 3. The minimum absolute atomic E-state index is 0.0245. The quantitative estimate of drug-likeness (QED) is 0.827. The number of thiol groups is 1. The van der Waals surface area contributed by atoms with Gasteiger partial charge in [-0.25, -0.2) is 4.79 Å². The minimum Gasteiger partial charge on any atom is -0.299 e. The topological polar surface area (TPSA) is 54.9 Å². The monoisotopic (exact) mass is 276 g/mol. The summed E-state index contributed by atoms with van der Waals surface area (Å²) >= 11 is 10.0. The van der Waals surface area contributed by atoms with E-state index in [2.05, 4.69) is 38.4 Å². The van der Waals surface area contributed by atoms with E-state index in [9.17, 15) is 9.59 Å². The highest BCUT2D eigenvalue weighted by atomic mass is 35.5. The van der Waals surface area contributed by atoms with Crippen molar-refractivity contribution in [3.05, 3.63) is 32.1 Å². The van der Waals surface area contributed by atoms with Crippen LogP contribution in [0.3, 0.4) is 0 Å². The Balaban J connectivity index is 3.07. The number of aromatic nitrogens is 2. The van der Waals surface area contributed by atoms with E-state index in [-0.39, 0.29) is 16.4 Å². The van der Waals surface area contributed by atoms with Crippen LogP contribution in [0.2, 0.25) is 5.02 Å². The summed E-state index contributed by atoms with van der Waals surface area (Å²) in [5.74, 6) is 0.873. The fourth-order valence-corrected chi connectivity index (χ4v) is 2.29. The van der Waals surface area contributed by atoms with Crippen LogP contribution < -0.4 is 11.2 Å². The van der Waals surface area contributed by atoms with Gasteiger partial charge in [0.15, 0.2) is 0 Å². The molecule has 0 radical (unpaired) electrons. The van der Waals surface area contributed by atoms with Gasteiger partial charge in [0.25, 0.3) is 5.56 Å². The van der Waals surface area contributed by atoms with E-state index in [1.807, 2.05) is 0 Å². The van der Waals surface area contributed by atoms with Gasteiger partial charge in [0.2, 0.25) is 0 Å². The zero-order valence-corrected chi connectivity index (χ0v) is 11.8. The maximum Gasteiger partial charge on any atom is 0.328 e. The van der Waals surface area contributed by atoms with Gasteiger partial charge in [0.1, 0.15) is 5.02 Å². The van der Waals surface area contributed by atoms with Crippen LogP contribution in [-0.4, -0.2) is 15.3 Å². The maximum absolute atomic E-state index is 11.6. The lowest BCUT2D eigenvalue weighted by Crippen LogP contribution is -2.35. The summed E-state index contributed by atoms with van der Waals surface area (Å²) in [5.41, 5.74) is -0.953. The van der Waals surface area contributed by atoms with Crippen LogP contribution in [0.15, 0.2) is 15.8 Å². The third kappa shape index (κ3) is 3.64. The van der Waals surface area contributed by atoms with Crippen LogP contribution in [0.25, 0.3) is 0 Å². The number of H-pyrrole nitrogens is 1. The van der Waals surface area contributed by atoms with Crippen molar-refractivity contribution < 1.29 is 0 Å². The van der Waals surface area contributed by atoms with Crippen molar-refractivity contribution in [2.75, 3.05) is 5.75 Å². The average molecular weight is 277 g/mol. The molecule has 0 aromatic carbocycles. The van der Waals surface area contributed by atoms with Gasteiger partial charge in [-0.3, -0.25) is 14.3 Å². The molecule has 1 N–H and O–H groups in total. The summed E-state index contributed by atoms with van der Waals surface area (Å²) in [7, 11) is 0. The van der Waals surface area contributed by atoms with Crippen LogP contribution in [-0.2, 0) is 6.54 Å². The fraction of sp³-hybridized carbons (Fsp3) is 0.636. The van der Waals surface area contributed by atoms with Crippen molar-refractivity contribution in [3.8, 4) is 0 Å². The van der Waals surface area contributed by atoms with E-state index in [1.54, 1.807) is 0 Å². The van der Waals surface area contributed by atoms with Gasteiger partial charge in [0, 0.05) is 12.7 Å². The number of hydrogen-bond acceptors (Lipinski definition) is 3. The molecule has 0 fully saturated rings. The summed E-state index contributed by atoms with van der Waals surface area (Å²) in [5, 5.41) is 0.0245. The maximum atomic E-state index is 11.6. The first-order valence-electron chi connectivity index (χ1n) is 5.36. The molecular weight excluding hydrogens is 260 g/mol. The Morgan fingerprint density at radius 3 is 2.53 bits per heavy atom. The molecule has 1 atom stereocenters. The second kappa shape index (κ2) is 5.31. The van der Waals surface area contributed by atoms with E-state index in [0.29, 0.717) is 12.3 Å². The van der Waals surface area contributed by atoms with E-state index in [4.69, 9.17) is 11.6 Å². The van der Waals surface area contributed by atoms with Gasteiger partial charge in [-0.1, -0.05) is 32.4 Å². The molecule has 0 aliphatic heterocycles. The first-order chi connectivity index (χ1) is 7.75. The van der Waals surface area contributed by atoms with Crippen LogP contribution >= 0.6 is 24.2 Å². The van der Waals surface area contributed by atoms with Crippen molar-refractivity contribution in [1.29, 1.82) is 0 Å². The molecule has 4 nitrogen and oxygen atoms in total. The molecule has 1 aromatic heterocycles. The molecule has 0 bridgehead atoms. The molecule has 0 saturated heterocycles. The number of halogens is 1. The third-order valence-electron chi connectivity index (χ3n) is 2.83. The minimum atomic E-state index is -0.550. The first-order valence-corrected chi connectivity index (χ1v) is 6.37. The Labute approximate surface area is 110 Å². The molecule has 6 heteroatoms. The summed E-state index contributed by atoms with van der Waals surface area (Å²) in [4.78, 5) is 24.9. The number of nitrogens with one attached hydrogen (secondary N) is 1. The molecule has 0 amide bonds. The first kappa shape index (κ1) is 14.4. The number of aromatic amines is 1. The van der Waals surface area contributed by atoms with Gasteiger partial charge in [-0.2, -0.15) is 12.6 Å². The van der Waals surface area contributed by atoms with Crippen LogP contribution in [0, 0.1) is 11.3 Å². The van der Waals surface area contributed by atoms with Crippen molar-refractivity contribution in [2.45, 2.75) is 27.3 Å². The zero-order chi connectivity index (χ0) is 13.2. The van der Waals surface area contributed by atoms with E-state index in [0.717, 1.165) is 0 Å². The van der Waals surface area contributed by atoms with Gasteiger partial charge in [0.05, 0.1) is 0 Å². The SMILES string of the molecule is CC(C)(C)C(CS)Cn1cc(Cl)c(=O)[nH]c1=O. The lowest BCUT2D eigenvalue weighted by atomic mass is 9.82. The van der Waals surface area contributed by atoms with Crippen molar-refractivity contribution in [1.82, 2.24) is 9.55 Å². The lowest BCUT2D eigenvalue weighted by Gasteiger charge is -2.29. The molecule has 1 aromatic rings. The lowest BCUT2D eigenvalue weighted by molar-refractivity contribution is 0.235. The number of hydrogen-bond donors (Lipinski definition) is 2. The van der Waals surface area contributed by atoms with E-state index < -0.39 is 11.2 Å². The Bertz CT molecular complexity index is 501. The van der Waals surface area contributed by atoms with E-state index >= 15 is 0 Å². The van der Waals surface area contributed by atoms with Gasteiger partial charge in [-0.15, -0.1) is 0 Å². The predicted octanol–water partition coefficient (Wildman–Crippen LogP) is 1.78. The highest BCUT2D eigenvalue weighted by Crippen LogP contribution is 2.27. The second-order valence-corrected chi connectivity index (χ2v) is 5.91. The summed E-state index contributed by atoms with van der Waals surface area (Å²) < 4.78 is 1.43. The van der Waals surface area contributed by atoms with Gasteiger partial charge >= 0.3 is 5.69 Å². The molecule has 1 unspecified atom stereocenters.